The van der Waals surface area contributed by atoms with Gasteiger partial charge in [0.25, 0.3) is 0 Å². The van der Waals surface area contributed by atoms with E-state index in [2.05, 4.69) is 10.6 Å². The van der Waals surface area contributed by atoms with Crippen LogP contribution in [0.4, 0.5) is 0 Å². The van der Waals surface area contributed by atoms with Crippen molar-refractivity contribution in [1.82, 2.24) is 10.6 Å². The third-order valence-electron chi connectivity index (χ3n) is 3.05. The zero-order valence-electron chi connectivity index (χ0n) is 10.5. The molecular weight excluding hydrogens is 268 g/mol. The van der Waals surface area contributed by atoms with E-state index in [9.17, 15) is 9.59 Å². The SMILES string of the molecule is COc1ccc(Cl)cc1CC1CNC(=O)CNC1=O. The van der Waals surface area contributed by atoms with Crippen LogP contribution in [0.3, 0.4) is 0 Å². The molecule has 0 saturated carbocycles. The molecule has 1 heterocycles. The smallest absolute Gasteiger partial charge is 0.239 e. The van der Waals surface area contributed by atoms with Crippen LogP contribution < -0.4 is 15.4 Å². The number of amides is 2. The van der Waals surface area contributed by atoms with Crippen molar-refractivity contribution in [3.05, 3.63) is 28.8 Å². The number of carbonyl (C=O) groups excluding carboxylic acids is 2. The highest BCUT2D eigenvalue weighted by molar-refractivity contribution is 6.30. The van der Waals surface area contributed by atoms with E-state index in [0.717, 1.165) is 5.56 Å². The number of rotatable bonds is 3. The molecular formula is C13H15ClN2O3. The largest absolute Gasteiger partial charge is 0.496 e. The number of halogens is 1. The zero-order chi connectivity index (χ0) is 13.8. The highest BCUT2D eigenvalue weighted by Gasteiger charge is 2.24. The summed E-state index contributed by atoms with van der Waals surface area (Å²) in [5, 5.41) is 5.88. The molecule has 1 unspecified atom stereocenters. The molecule has 1 saturated heterocycles. The third kappa shape index (κ3) is 3.38. The molecule has 0 bridgehead atoms. The van der Waals surface area contributed by atoms with Crippen LogP contribution in [0.1, 0.15) is 5.56 Å². The lowest BCUT2D eigenvalue weighted by molar-refractivity contribution is -0.125. The van der Waals surface area contributed by atoms with E-state index in [1.807, 2.05) is 0 Å². The summed E-state index contributed by atoms with van der Waals surface area (Å²) >= 11 is 5.96. The van der Waals surface area contributed by atoms with Crippen LogP contribution in [-0.4, -0.2) is 32.0 Å². The van der Waals surface area contributed by atoms with E-state index in [4.69, 9.17) is 16.3 Å². The van der Waals surface area contributed by atoms with Gasteiger partial charge in [0.1, 0.15) is 5.75 Å². The average Bonchev–Trinajstić information content (AvgIpc) is 2.54. The second-order valence-corrected chi connectivity index (χ2v) is 4.82. The van der Waals surface area contributed by atoms with Gasteiger partial charge in [-0.2, -0.15) is 0 Å². The normalized spacial score (nSPS) is 19.4. The fraction of sp³-hybridized carbons (Fsp3) is 0.385. The molecule has 102 valence electrons. The van der Waals surface area contributed by atoms with E-state index in [1.54, 1.807) is 25.3 Å². The standard InChI is InChI=1S/C13H15ClN2O3/c1-19-11-3-2-10(14)5-8(11)4-9-6-15-12(17)7-16-13(9)18/h2-3,5,9H,4,6-7H2,1H3,(H,15,17)(H,16,18). The van der Waals surface area contributed by atoms with Gasteiger partial charge in [-0.1, -0.05) is 11.6 Å². The van der Waals surface area contributed by atoms with Gasteiger partial charge >= 0.3 is 0 Å². The van der Waals surface area contributed by atoms with Crippen LogP contribution in [-0.2, 0) is 16.0 Å². The third-order valence-corrected chi connectivity index (χ3v) is 3.28. The van der Waals surface area contributed by atoms with E-state index in [1.165, 1.54) is 0 Å². The molecule has 1 aliphatic heterocycles. The van der Waals surface area contributed by atoms with E-state index in [-0.39, 0.29) is 24.3 Å². The summed E-state index contributed by atoms with van der Waals surface area (Å²) in [5.74, 6) is 0.0564. The van der Waals surface area contributed by atoms with Gasteiger partial charge in [-0.15, -0.1) is 0 Å². The molecule has 6 heteroatoms. The molecule has 1 aromatic rings. The average molecular weight is 283 g/mol. The number of hydrogen-bond donors (Lipinski definition) is 2. The minimum Gasteiger partial charge on any atom is -0.496 e. The van der Waals surface area contributed by atoms with Crippen LogP contribution in [0, 0.1) is 5.92 Å². The van der Waals surface area contributed by atoms with Crippen molar-refractivity contribution in [3.63, 3.8) is 0 Å². The topological polar surface area (TPSA) is 67.4 Å². The Balaban J connectivity index is 2.17. The molecule has 1 aromatic carbocycles. The lowest BCUT2D eigenvalue weighted by atomic mass is 9.98. The number of ether oxygens (including phenoxy) is 1. The van der Waals surface area contributed by atoms with Crippen molar-refractivity contribution in [1.29, 1.82) is 0 Å². The fourth-order valence-electron chi connectivity index (χ4n) is 2.04. The van der Waals surface area contributed by atoms with Gasteiger partial charge in [0.15, 0.2) is 0 Å². The Hall–Kier alpha value is -1.75. The molecule has 0 radical (unpaired) electrons. The first-order valence-corrected chi connectivity index (χ1v) is 6.34. The van der Waals surface area contributed by atoms with Crippen LogP contribution in [0.25, 0.3) is 0 Å². The molecule has 1 atom stereocenters. The van der Waals surface area contributed by atoms with Crippen LogP contribution in [0.2, 0.25) is 5.02 Å². The lowest BCUT2D eigenvalue weighted by Crippen LogP contribution is -2.32. The van der Waals surface area contributed by atoms with Crippen LogP contribution in [0.5, 0.6) is 5.75 Å². The Morgan fingerprint density at radius 3 is 2.89 bits per heavy atom. The van der Waals surface area contributed by atoms with Gasteiger partial charge < -0.3 is 15.4 Å². The summed E-state index contributed by atoms with van der Waals surface area (Å²) < 4.78 is 5.25. The molecule has 0 aliphatic carbocycles. The van der Waals surface area contributed by atoms with E-state index in [0.29, 0.717) is 23.7 Å². The van der Waals surface area contributed by atoms with Crippen molar-refractivity contribution in [3.8, 4) is 5.75 Å². The maximum absolute atomic E-state index is 11.9. The van der Waals surface area contributed by atoms with Crippen molar-refractivity contribution >= 4 is 23.4 Å². The summed E-state index contributed by atoms with van der Waals surface area (Å²) in [5.41, 5.74) is 0.853. The minimum absolute atomic E-state index is 0.0298. The molecule has 5 nitrogen and oxygen atoms in total. The van der Waals surface area contributed by atoms with Gasteiger partial charge in [-0.25, -0.2) is 0 Å². The Kier molecular flexibility index (Phi) is 4.27. The Labute approximate surface area is 116 Å². The van der Waals surface area contributed by atoms with Gasteiger partial charge in [-0.3, -0.25) is 9.59 Å². The summed E-state index contributed by atoms with van der Waals surface area (Å²) in [6.45, 7) is 0.350. The van der Waals surface area contributed by atoms with Crippen LogP contribution >= 0.6 is 11.6 Å². The molecule has 1 aliphatic rings. The summed E-state index contributed by atoms with van der Waals surface area (Å²) in [4.78, 5) is 23.1. The first-order chi connectivity index (χ1) is 9.10. The summed E-state index contributed by atoms with van der Waals surface area (Å²) in [7, 11) is 1.57. The predicted molar refractivity (Wildman–Crippen MR) is 71.2 cm³/mol. The van der Waals surface area contributed by atoms with E-state index >= 15 is 0 Å². The molecule has 2 rings (SSSR count). The van der Waals surface area contributed by atoms with Gasteiger partial charge in [0.2, 0.25) is 11.8 Å². The van der Waals surface area contributed by atoms with Gasteiger partial charge in [-0.05, 0) is 30.2 Å². The number of carbonyl (C=O) groups is 2. The fourth-order valence-corrected chi connectivity index (χ4v) is 2.24. The Morgan fingerprint density at radius 2 is 2.16 bits per heavy atom. The maximum Gasteiger partial charge on any atom is 0.239 e. The summed E-state index contributed by atoms with van der Waals surface area (Å²) in [6, 6.07) is 5.28. The zero-order valence-corrected chi connectivity index (χ0v) is 11.3. The Bertz CT molecular complexity index is 505. The van der Waals surface area contributed by atoms with Crippen molar-refractivity contribution < 1.29 is 14.3 Å². The highest BCUT2D eigenvalue weighted by atomic mass is 35.5. The molecule has 2 N–H and O–H groups in total. The molecule has 0 spiro atoms. The Morgan fingerprint density at radius 1 is 1.37 bits per heavy atom. The molecule has 2 amide bonds. The second kappa shape index (κ2) is 5.93. The highest BCUT2D eigenvalue weighted by Crippen LogP contribution is 2.25. The lowest BCUT2D eigenvalue weighted by Gasteiger charge is -2.15. The first-order valence-electron chi connectivity index (χ1n) is 5.97. The van der Waals surface area contributed by atoms with Crippen molar-refractivity contribution in [2.24, 2.45) is 5.92 Å². The van der Waals surface area contributed by atoms with Crippen LogP contribution in [0.15, 0.2) is 18.2 Å². The van der Waals surface area contributed by atoms with Gasteiger partial charge in [0, 0.05) is 11.6 Å². The second-order valence-electron chi connectivity index (χ2n) is 4.38. The number of hydrogen-bond acceptors (Lipinski definition) is 3. The summed E-state index contributed by atoms with van der Waals surface area (Å²) in [6.07, 6.45) is 0.468. The monoisotopic (exact) mass is 282 g/mol. The molecule has 0 aromatic heterocycles. The first kappa shape index (κ1) is 13.7. The maximum atomic E-state index is 11.9. The van der Waals surface area contributed by atoms with E-state index < -0.39 is 0 Å². The van der Waals surface area contributed by atoms with Crippen molar-refractivity contribution in [2.45, 2.75) is 6.42 Å². The minimum atomic E-state index is -0.321. The number of nitrogens with one attached hydrogen (secondary N) is 2. The number of benzene rings is 1. The number of methoxy groups -OCH3 is 1. The molecule has 19 heavy (non-hydrogen) atoms. The molecule has 1 fully saturated rings. The van der Waals surface area contributed by atoms with Crippen molar-refractivity contribution in [2.75, 3.05) is 20.2 Å². The van der Waals surface area contributed by atoms with Gasteiger partial charge in [0.05, 0.1) is 19.6 Å². The predicted octanol–water partition coefficient (Wildman–Crippen LogP) is 0.753. The quantitative estimate of drug-likeness (QED) is 0.860.